The average molecular weight is 315 g/mol. The normalized spacial score (nSPS) is 11.8. The van der Waals surface area contributed by atoms with E-state index in [1.165, 1.54) is 12.1 Å². The molecule has 0 bridgehead atoms. The molecule has 0 atom stereocenters. The second-order valence-corrected chi connectivity index (χ2v) is 7.03. The Morgan fingerprint density at radius 3 is 2.57 bits per heavy atom. The number of nitrogens with one attached hydrogen (secondary N) is 1. The molecule has 7 nitrogen and oxygen atoms in total. The topological polar surface area (TPSA) is 115 Å². The minimum absolute atomic E-state index is 0.0594. The standard InChI is InChI=1S/C13H21N3O4S/c1-10(2)5-3-4-8-15-21(19,20)11-6-7-12(14)13(9-11)16(17)18/h6-7,9-10,15H,3-5,8,14H2,1-2H3. The maximum atomic E-state index is 12.0. The van der Waals surface area contributed by atoms with Crippen LogP contribution in [0.3, 0.4) is 0 Å². The Bertz CT molecular complexity index is 599. The number of benzene rings is 1. The maximum absolute atomic E-state index is 12.0. The summed E-state index contributed by atoms with van der Waals surface area (Å²) < 4.78 is 26.5. The third-order valence-electron chi connectivity index (χ3n) is 3.01. The quantitative estimate of drug-likeness (QED) is 0.330. The van der Waals surface area contributed by atoms with Gasteiger partial charge in [-0.05, 0) is 24.5 Å². The zero-order chi connectivity index (χ0) is 16.0. The fourth-order valence-corrected chi connectivity index (χ4v) is 2.91. The van der Waals surface area contributed by atoms with Gasteiger partial charge in [-0.1, -0.05) is 26.7 Å². The minimum atomic E-state index is -3.74. The summed E-state index contributed by atoms with van der Waals surface area (Å²) in [6, 6.07) is 3.47. The van der Waals surface area contributed by atoms with E-state index in [4.69, 9.17) is 5.73 Å². The summed E-state index contributed by atoms with van der Waals surface area (Å²) in [5, 5.41) is 10.8. The van der Waals surface area contributed by atoms with Crippen molar-refractivity contribution in [1.29, 1.82) is 0 Å². The number of hydrogen-bond acceptors (Lipinski definition) is 5. The van der Waals surface area contributed by atoms with Crippen LogP contribution in [0, 0.1) is 16.0 Å². The molecule has 0 radical (unpaired) electrons. The van der Waals surface area contributed by atoms with Gasteiger partial charge in [0.2, 0.25) is 10.0 Å². The Labute approximate surface area is 124 Å². The van der Waals surface area contributed by atoms with Gasteiger partial charge in [0, 0.05) is 12.6 Å². The van der Waals surface area contributed by atoms with Crippen molar-refractivity contribution in [3.05, 3.63) is 28.3 Å². The first-order valence-corrected chi connectivity index (χ1v) is 8.26. The van der Waals surface area contributed by atoms with Gasteiger partial charge >= 0.3 is 0 Å². The zero-order valence-electron chi connectivity index (χ0n) is 12.2. The fraction of sp³-hybridized carbons (Fsp3) is 0.538. The first-order valence-electron chi connectivity index (χ1n) is 6.77. The molecule has 0 fully saturated rings. The van der Waals surface area contributed by atoms with Crippen molar-refractivity contribution in [2.75, 3.05) is 12.3 Å². The summed E-state index contributed by atoms with van der Waals surface area (Å²) in [5.41, 5.74) is 4.98. The molecule has 1 aromatic carbocycles. The molecule has 0 heterocycles. The number of sulfonamides is 1. The molecule has 21 heavy (non-hydrogen) atoms. The lowest BCUT2D eigenvalue weighted by Crippen LogP contribution is -2.25. The first-order chi connectivity index (χ1) is 9.74. The molecule has 1 rings (SSSR count). The monoisotopic (exact) mass is 315 g/mol. The van der Waals surface area contributed by atoms with Gasteiger partial charge in [-0.3, -0.25) is 10.1 Å². The van der Waals surface area contributed by atoms with Gasteiger partial charge in [-0.2, -0.15) is 0 Å². The number of nitrogens with zero attached hydrogens (tertiary/aromatic N) is 1. The number of unbranched alkanes of at least 4 members (excludes halogenated alkanes) is 1. The molecule has 0 unspecified atom stereocenters. The van der Waals surface area contributed by atoms with Gasteiger partial charge in [0.1, 0.15) is 5.69 Å². The Balaban J connectivity index is 2.70. The highest BCUT2D eigenvalue weighted by Gasteiger charge is 2.19. The van der Waals surface area contributed by atoms with E-state index >= 15 is 0 Å². The predicted molar refractivity (Wildman–Crippen MR) is 81.4 cm³/mol. The van der Waals surface area contributed by atoms with Crippen LogP contribution >= 0.6 is 0 Å². The van der Waals surface area contributed by atoms with Crippen LogP contribution in [0.25, 0.3) is 0 Å². The van der Waals surface area contributed by atoms with E-state index in [9.17, 15) is 18.5 Å². The Morgan fingerprint density at radius 1 is 1.33 bits per heavy atom. The number of nitrogen functional groups attached to an aromatic ring is 1. The molecule has 0 spiro atoms. The highest BCUT2D eigenvalue weighted by molar-refractivity contribution is 7.89. The molecule has 0 amide bonds. The third-order valence-corrected chi connectivity index (χ3v) is 4.47. The van der Waals surface area contributed by atoms with Gasteiger partial charge in [0.25, 0.3) is 5.69 Å². The van der Waals surface area contributed by atoms with Crippen LogP contribution in [0.4, 0.5) is 11.4 Å². The van der Waals surface area contributed by atoms with Crippen molar-refractivity contribution < 1.29 is 13.3 Å². The van der Waals surface area contributed by atoms with Crippen molar-refractivity contribution in [3.63, 3.8) is 0 Å². The van der Waals surface area contributed by atoms with E-state index in [0.29, 0.717) is 12.5 Å². The van der Waals surface area contributed by atoms with Crippen LogP contribution in [-0.4, -0.2) is 19.9 Å². The SMILES string of the molecule is CC(C)CCCCNS(=O)(=O)c1ccc(N)c([N+](=O)[O-])c1. The van der Waals surface area contributed by atoms with E-state index in [-0.39, 0.29) is 10.6 Å². The van der Waals surface area contributed by atoms with Gasteiger partial charge in [0.05, 0.1) is 9.82 Å². The van der Waals surface area contributed by atoms with Crippen LogP contribution in [0.15, 0.2) is 23.1 Å². The molecular formula is C13H21N3O4S. The first kappa shape index (κ1) is 17.4. The second kappa shape index (κ2) is 7.37. The molecule has 8 heteroatoms. The molecule has 3 N–H and O–H groups in total. The summed E-state index contributed by atoms with van der Waals surface area (Å²) in [5.74, 6) is 0.585. The Morgan fingerprint density at radius 2 is 2.00 bits per heavy atom. The molecule has 0 saturated heterocycles. The van der Waals surface area contributed by atoms with Gasteiger partial charge in [0.15, 0.2) is 0 Å². The minimum Gasteiger partial charge on any atom is -0.393 e. The lowest BCUT2D eigenvalue weighted by molar-refractivity contribution is -0.384. The van der Waals surface area contributed by atoms with Crippen LogP contribution < -0.4 is 10.5 Å². The predicted octanol–water partition coefficient (Wildman–Crippen LogP) is 2.28. The highest BCUT2D eigenvalue weighted by Crippen LogP contribution is 2.24. The number of nitro benzene ring substituents is 1. The molecule has 0 aliphatic heterocycles. The van der Waals surface area contributed by atoms with E-state index in [2.05, 4.69) is 18.6 Å². The summed E-state index contributed by atoms with van der Waals surface area (Å²) in [6.07, 6.45) is 2.70. The zero-order valence-corrected chi connectivity index (χ0v) is 13.0. The molecule has 0 aliphatic carbocycles. The van der Waals surface area contributed by atoms with Crippen LogP contribution in [0.2, 0.25) is 0 Å². The van der Waals surface area contributed by atoms with Gasteiger partial charge in [-0.15, -0.1) is 0 Å². The lowest BCUT2D eigenvalue weighted by atomic mass is 10.1. The summed E-state index contributed by atoms with van der Waals surface area (Å²) in [6.45, 7) is 4.53. The van der Waals surface area contributed by atoms with Gasteiger partial charge < -0.3 is 5.73 Å². The highest BCUT2D eigenvalue weighted by atomic mass is 32.2. The Hall–Kier alpha value is -1.67. The van der Waals surface area contributed by atoms with Crippen molar-refractivity contribution >= 4 is 21.4 Å². The molecule has 0 saturated carbocycles. The van der Waals surface area contributed by atoms with Crippen molar-refractivity contribution in [2.24, 2.45) is 5.92 Å². The van der Waals surface area contributed by atoms with E-state index < -0.39 is 20.6 Å². The summed E-state index contributed by atoms with van der Waals surface area (Å²) in [4.78, 5) is 9.93. The average Bonchev–Trinajstić information content (AvgIpc) is 2.37. The molecule has 0 aromatic heterocycles. The van der Waals surface area contributed by atoms with Crippen LogP contribution in [-0.2, 0) is 10.0 Å². The fourth-order valence-electron chi connectivity index (χ4n) is 1.82. The van der Waals surface area contributed by atoms with Crippen molar-refractivity contribution in [2.45, 2.75) is 38.0 Å². The number of nitrogens with two attached hydrogens (primary N) is 1. The van der Waals surface area contributed by atoms with Crippen LogP contribution in [0.5, 0.6) is 0 Å². The third kappa shape index (κ3) is 5.31. The lowest BCUT2D eigenvalue weighted by Gasteiger charge is -2.08. The second-order valence-electron chi connectivity index (χ2n) is 5.27. The van der Waals surface area contributed by atoms with Gasteiger partial charge in [-0.25, -0.2) is 13.1 Å². The largest absolute Gasteiger partial charge is 0.393 e. The number of nitro groups is 1. The number of rotatable bonds is 8. The molecular weight excluding hydrogens is 294 g/mol. The maximum Gasteiger partial charge on any atom is 0.293 e. The number of hydrogen-bond donors (Lipinski definition) is 2. The summed E-state index contributed by atoms with van der Waals surface area (Å²) >= 11 is 0. The molecule has 0 aliphatic rings. The number of anilines is 1. The van der Waals surface area contributed by atoms with E-state index in [1.807, 2.05) is 0 Å². The van der Waals surface area contributed by atoms with Crippen molar-refractivity contribution in [1.82, 2.24) is 4.72 Å². The molecule has 1 aromatic rings. The summed E-state index contributed by atoms with van der Waals surface area (Å²) in [7, 11) is -3.74. The van der Waals surface area contributed by atoms with Crippen molar-refractivity contribution in [3.8, 4) is 0 Å². The smallest absolute Gasteiger partial charge is 0.293 e. The van der Waals surface area contributed by atoms with E-state index in [0.717, 1.165) is 25.3 Å². The van der Waals surface area contributed by atoms with Crippen LogP contribution in [0.1, 0.15) is 33.1 Å². The Kier molecular flexibility index (Phi) is 6.10. The molecule has 118 valence electrons. The van der Waals surface area contributed by atoms with E-state index in [1.54, 1.807) is 0 Å².